The zero-order valence-electron chi connectivity index (χ0n) is 11.8. The van der Waals surface area contributed by atoms with Crippen LogP contribution in [0.3, 0.4) is 0 Å². The van der Waals surface area contributed by atoms with Gasteiger partial charge in [-0.05, 0) is 19.3 Å². The van der Waals surface area contributed by atoms with E-state index in [2.05, 4.69) is 0 Å². The normalized spacial score (nSPS) is 21.3. The van der Waals surface area contributed by atoms with Gasteiger partial charge in [0.05, 0.1) is 10.7 Å². The van der Waals surface area contributed by atoms with Gasteiger partial charge < -0.3 is 5.73 Å². The summed E-state index contributed by atoms with van der Waals surface area (Å²) in [7, 11) is -3.56. The van der Waals surface area contributed by atoms with E-state index in [1.807, 2.05) is 6.92 Å². The van der Waals surface area contributed by atoms with Crippen LogP contribution in [0, 0.1) is 16.0 Å². The van der Waals surface area contributed by atoms with Gasteiger partial charge >= 0.3 is 0 Å². The zero-order chi connectivity index (χ0) is 15.6. The van der Waals surface area contributed by atoms with Crippen molar-refractivity contribution in [2.45, 2.75) is 25.1 Å². The molecule has 0 amide bonds. The van der Waals surface area contributed by atoms with Crippen LogP contribution < -0.4 is 5.73 Å². The van der Waals surface area contributed by atoms with Crippen molar-refractivity contribution in [1.82, 2.24) is 4.31 Å². The van der Waals surface area contributed by atoms with Crippen molar-refractivity contribution in [3.63, 3.8) is 0 Å². The number of hydrogen-bond donors (Lipinski definition) is 1. The van der Waals surface area contributed by atoms with Gasteiger partial charge in [-0.2, -0.15) is 0 Å². The molecule has 0 saturated carbocycles. The minimum atomic E-state index is -3.56. The summed E-state index contributed by atoms with van der Waals surface area (Å²) < 4.78 is 26.2. The van der Waals surface area contributed by atoms with E-state index < -0.39 is 14.9 Å². The molecule has 0 aromatic heterocycles. The molecule has 1 aromatic carbocycles. The first-order valence-electron chi connectivity index (χ1n) is 6.77. The van der Waals surface area contributed by atoms with Crippen LogP contribution in [0.2, 0.25) is 0 Å². The molecule has 8 heteroatoms. The van der Waals surface area contributed by atoms with Crippen LogP contribution in [0.1, 0.15) is 18.9 Å². The highest BCUT2D eigenvalue weighted by Crippen LogP contribution is 2.26. The highest BCUT2D eigenvalue weighted by Gasteiger charge is 2.34. The van der Waals surface area contributed by atoms with Gasteiger partial charge in [-0.3, -0.25) is 10.1 Å². The van der Waals surface area contributed by atoms with E-state index in [1.54, 1.807) is 6.07 Å². The fourth-order valence-electron chi connectivity index (χ4n) is 2.53. The average molecular weight is 313 g/mol. The minimum Gasteiger partial charge on any atom is -0.328 e. The molecule has 1 aliphatic heterocycles. The molecule has 0 spiro atoms. The van der Waals surface area contributed by atoms with Gasteiger partial charge in [0.25, 0.3) is 5.69 Å². The van der Waals surface area contributed by atoms with E-state index in [4.69, 9.17) is 5.73 Å². The van der Waals surface area contributed by atoms with Crippen LogP contribution in [0.4, 0.5) is 5.69 Å². The second kappa shape index (κ2) is 6.08. The summed E-state index contributed by atoms with van der Waals surface area (Å²) in [5, 5.41) is 11.0. The van der Waals surface area contributed by atoms with Gasteiger partial charge in [0, 0.05) is 30.8 Å². The second-order valence-electron chi connectivity index (χ2n) is 5.41. The number of hydrogen-bond acceptors (Lipinski definition) is 5. The molecule has 2 unspecified atom stereocenters. The van der Waals surface area contributed by atoms with Crippen LogP contribution in [0.5, 0.6) is 0 Å². The van der Waals surface area contributed by atoms with Crippen molar-refractivity contribution >= 4 is 15.7 Å². The highest BCUT2D eigenvalue weighted by atomic mass is 32.2. The minimum absolute atomic E-state index is 0.0590. The van der Waals surface area contributed by atoms with Crippen LogP contribution in [-0.4, -0.2) is 36.8 Å². The SMILES string of the molecule is CC(N)C1CCN(S(=O)(=O)Cc2ccccc2[N+](=O)[O-])C1. The maximum atomic E-state index is 12.4. The highest BCUT2D eigenvalue weighted by molar-refractivity contribution is 7.88. The fraction of sp³-hybridized carbons (Fsp3) is 0.538. The molecule has 1 aliphatic rings. The number of benzene rings is 1. The molecule has 2 rings (SSSR count). The molecule has 0 radical (unpaired) electrons. The zero-order valence-corrected chi connectivity index (χ0v) is 12.6. The number of nitrogens with two attached hydrogens (primary N) is 1. The molecule has 2 N–H and O–H groups in total. The smallest absolute Gasteiger partial charge is 0.273 e. The maximum absolute atomic E-state index is 12.4. The van der Waals surface area contributed by atoms with E-state index in [1.165, 1.54) is 22.5 Å². The lowest BCUT2D eigenvalue weighted by atomic mass is 10.0. The number of nitro benzene ring substituents is 1. The Balaban J connectivity index is 2.18. The van der Waals surface area contributed by atoms with Crippen LogP contribution in [0.15, 0.2) is 24.3 Å². The summed E-state index contributed by atoms with van der Waals surface area (Å²) in [5.41, 5.74) is 5.86. The third-order valence-electron chi connectivity index (χ3n) is 3.85. The monoisotopic (exact) mass is 313 g/mol. The van der Waals surface area contributed by atoms with Crippen molar-refractivity contribution in [2.24, 2.45) is 11.7 Å². The largest absolute Gasteiger partial charge is 0.328 e. The fourth-order valence-corrected chi connectivity index (χ4v) is 4.16. The first-order valence-corrected chi connectivity index (χ1v) is 8.38. The topological polar surface area (TPSA) is 107 Å². The first kappa shape index (κ1) is 15.9. The van der Waals surface area contributed by atoms with Crippen LogP contribution in [0.25, 0.3) is 0 Å². The molecule has 2 atom stereocenters. The summed E-state index contributed by atoms with van der Waals surface area (Å²) in [6, 6.07) is 5.87. The van der Waals surface area contributed by atoms with E-state index in [0.717, 1.165) is 6.42 Å². The van der Waals surface area contributed by atoms with Gasteiger partial charge in [0.15, 0.2) is 0 Å². The molecule has 1 aromatic rings. The van der Waals surface area contributed by atoms with Gasteiger partial charge in [-0.25, -0.2) is 12.7 Å². The summed E-state index contributed by atoms with van der Waals surface area (Å²) in [6.45, 7) is 2.68. The van der Waals surface area contributed by atoms with Gasteiger partial charge in [0.2, 0.25) is 10.0 Å². The predicted molar refractivity (Wildman–Crippen MR) is 79.0 cm³/mol. The third kappa shape index (κ3) is 3.58. The third-order valence-corrected chi connectivity index (χ3v) is 5.64. The molecule has 0 aliphatic carbocycles. The summed E-state index contributed by atoms with van der Waals surface area (Å²) >= 11 is 0. The van der Waals surface area contributed by atoms with Gasteiger partial charge in [-0.15, -0.1) is 0 Å². The Morgan fingerprint density at radius 1 is 1.48 bits per heavy atom. The molecule has 1 heterocycles. The number of sulfonamides is 1. The molecule has 1 saturated heterocycles. The number of nitro groups is 1. The molecule has 116 valence electrons. The Kier molecular flexibility index (Phi) is 4.60. The average Bonchev–Trinajstić information content (AvgIpc) is 2.89. The Hall–Kier alpha value is -1.51. The lowest BCUT2D eigenvalue weighted by Gasteiger charge is -2.18. The Labute approximate surface area is 123 Å². The van der Waals surface area contributed by atoms with Crippen molar-refractivity contribution < 1.29 is 13.3 Å². The molecular formula is C13H19N3O4S. The van der Waals surface area contributed by atoms with Crippen molar-refractivity contribution in [2.75, 3.05) is 13.1 Å². The quantitative estimate of drug-likeness (QED) is 0.647. The number of nitrogens with zero attached hydrogens (tertiary/aromatic N) is 2. The number of rotatable bonds is 5. The summed E-state index contributed by atoms with van der Waals surface area (Å²) in [6.07, 6.45) is 0.730. The maximum Gasteiger partial charge on any atom is 0.273 e. The lowest BCUT2D eigenvalue weighted by molar-refractivity contribution is -0.385. The Bertz CT molecular complexity index is 630. The van der Waals surface area contributed by atoms with E-state index in [9.17, 15) is 18.5 Å². The Morgan fingerprint density at radius 2 is 2.14 bits per heavy atom. The van der Waals surface area contributed by atoms with Crippen molar-refractivity contribution in [1.29, 1.82) is 0 Å². The standard InChI is InChI=1S/C13H19N3O4S/c1-10(14)11-6-7-15(8-11)21(19,20)9-12-4-2-3-5-13(12)16(17)18/h2-5,10-11H,6-9,14H2,1H3. The second-order valence-corrected chi connectivity index (χ2v) is 7.38. The van der Waals surface area contributed by atoms with E-state index in [-0.39, 0.29) is 29.0 Å². The van der Waals surface area contributed by atoms with Gasteiger partial charge in [-0.1, -0.05) is 18.2 Å². The number of para-hydroxylation sites is 1. The molecule has 21 heavy (non-hydrogen) atoms. The molecule has 0 bridgehead atoms. The summed E-state index contributed by atoms with van der Waals surface area (Å²) in [5.74, 6) is -0.207. The van der Waals surface area contributed by atoms with Crippen molar-refractivity contribution in [3.8, 4) is 0 Å². The Morgan fingerprint density at radius 3 is 2.71 bits per heavy atom. The first-order chi connectivity index (χ1) is 9.81. The molecule has 1 fully saturated rings. The van der Waals surface area contributed by atoms with Crippen LogP contribution >= 0.6 is 0 Å². The predicted octanol–water partition coefficient (Wildman–Crippen LogP) is 1.09. The van der Waals surface area contributed by atoms with Crippen molar-refractivity contribution in [3.05, 3.63) is 39.9 Å². The summed E-state index contributed by atoms with van der Waals surface area (Å²) in [4.78, 5) is 10.4. The van der Waals surface area contributed by atoms with Crippen LogP contribution in [-0.2, 0) is 15.8 Å². The molecule has 7 nitrogen and oxygen atoms in total. The van der Waals surface area contributed by atoms with Gasteiger partial charge in [0.1, 0.15) is 0 Å². The molecular weight excluding hydrogens is 294 g/mol. The lowest BCUT2D eigenvalue weighted by Crippen LogP contribution is -2.33. The van der Waals surface area contributed by atoms with E-state index >= 15 is 0 Å². The van der Waals surface area contributed by atoms with E-state index in [0.29, 0.717) is 13.1 Å².